The van der Waals surface area contributed by atoms with Crippen LogP contribution in [-0.4, -0.2) is 18.9 Å². The summed E-state index contributed by atoms with van der Waals surface area (Å²) in [5.41, 5.74) is 0.482. The monoisotopic (exact) mass is 142 g/mol. The number of aldehydes is 1. The second-order valence-electron chi connectivity index (χ2n) is 1.76. The van der Waals surface area contributed by atoms with Crippen LogP contribution < -0.4 is 0 Å². The van der Waals surface area contributed by atoms with Crippen LogP contribution in [-0.2, 0) is 14.3 Å². The summed E-state index contributed by atoms with van der Waals surface area (Å²) in [6.45, 7) is 3.10. The fourth-order valence-corrected chi connectivity index (χ4v) is 0.370. The number of hydrogen-bond donors (Lipinski definition) is 0. The predicted molar refractivity (Wildman–Crippen MR) is 36.5 cm³/mol. The Morgan fingerprint density at radius 3 is 2.50 bits per heavy atom. The quantitative estimate of drug-likeness (QED) is 0.331. The predicted octanol–water partition coefficient (Wildman–Crippen LogP) is 0.695. The van der Waals surface area contributed by atoms with Gasteiger partial charge in [0.15, 0.2) is 0 Å². The molecular formula is C7H10O3. The maximum atomic E-state index is 10.2. The van der Waals surface area contributed by atoms with E-state index in [0.29, 0.717) is 11.9 Å². The molecule has 0 aliphatic heterocycles. The van der Waals surface area contributed by atoms with Gasteiger partial charge in [-0.1, -0.05) is 6.08 Å². The maximum Gasteiger partial charge on any atom is 0.302 e. The first kappa shape index (κ1) is 8.88. The third kappa shape index (κ3) is 3.83. The molecule has 0 aromatic rings. The van der Waals surface area contributed by atoms with Crippen LogP contribution in [0.2, 0.25) is 0 Å². The highest BCUT2D eigenvalue weighted by molar-refractivity contribution is 5.74. The molecule has 0 fully saturated rings. The molecule has 0 aliphatic rings. The average Bonchev–Trinajstić information content (AvgIpc) is 1.90. The van der Waals surface area contributed by atoms with Crippen LogP contribution >= 0.6 is 0 Å². The molecule has 0 aromatic heterocycles. The van der Waals surface area contributed by atoms with E-state index in [1.54, 1.807) is 13.0 Å². The number of hydrogen-bond acceptors (Lipinski definition) is 3. The molecule has 3 heteroatoms. The van der Waals surface area contributed by atoms with Crippen molar-refractivity contribution in [3.63, 3.8) is 0 Å². The van der Waals surface area contributed by atoms with Crippen LogP contribution in [0.25, 0.3) is 0 Å². The Balaban J connectivity index is 3.66. The van der Waals surface area contributed by atoms with Gasteiger partial charge < -0.3 is 4.74 Å². The first-order chi connectivity index (χ1) is 4.70. The van der Waals surface area contributed by atoms with Gasteiger partial charge in [-0.2, -0.15) is 0 Å². The highest BCUT2D eigenvalue weighted by Gasteiger charge is 1.95. The summed E-state index contributed by atoms with van der Waals surface area (Å²) < 4.78 is 4.55. The number of allylic oxidation sites excluding steroid dienone is 1. The number of carbonyl (C=O) groups is 2. The first-order valence-electron chi connectivity index (χ1n) is 2.94. The van der Waals surface area contributed by atoms with E-state index >= 15 is 0 Å². The zero-order chi connectivity index (χ0) is 7.98. The van der Waals surface area contributed by atoms with Crippen molar-refractivity contribution in [2.24, 2.45) is 0 Å². The zero-order valence-electron chi connectivity index (χ0n) is 6.09. The number of esters is 1. The lowest BCUT2D eigenvalue weighted by Crippen LogP contribution is -2.03. The minimum Gasteiger partial charge on any atom is -0.461 e. The molecule has 0 bridgehead atoms. The third-order valence-electron chi connectivity index (χ3n) is 0.964. The Bertz CT molecular complexity index is 158. The molecule has 56 valence electrons. The largest absolute Gasteiger partial charge is 0.461 e. The summed E-state index contributed by atoms with van der Waals surface area (Å²) in [5, 5.41) is 0. The molecule has 0 atom stereocenters. The molecule has 0 radical (unpaired) electrons. The van der Waals surface area contributed by atoms with Crippen molar-refractivity contribution in [1.29, 1.82) is 0 Å². The molecule has 0 rings (SSSR count). The van der Waals surface area contributed by atoms with Gasteiger partial charge in [0.25, 0.3) is 0 Å². The standard InChI is InChI=1S/C7H10O3/c1-3-7(4-8)5-10-6(2)9/h3-4H,5H2,1-2H3. The Labute approximate surface area is 59.7 Å². The molecule has 0 saturated carbocycles. The molecule has 0 aromatic carbocycles. The lowest BCUT2D eigenvalue weighted by atomic mass is 10.3. The smallest absolute Gasteiger partial charge is 0.302 e. The Morgan fingerprint density at radius 2 is 2.20 bits per heavy atom. The van der Waals surface area contributed by atoms with Crippen LogP contribution in [0.5, 0.6) is 0 Å². The molecule has 0 amide bonds. The lowest BCUT2D eigenvalue weighted by molar-refractivity contribution is -0.140. The Kier molecular flexibility index (Phi) is 4.20. The van der Waals surface area contributed by atoms with E-state index in [1.807, 2.05) is 0 Å². The van der Waals surface area contributed by atoms with E-state index in [-0.39, 0.29) is 12.6 Å². The van der Waals surface area contributed by atoms with Gasteiger partial charge in [-0.25, -0.2) is 0 Å². The van der Waals surface area contributed by atoms with E-state index in [4.69, 9.17) is 0 Å². The minimum atomic E-state index is -0.374. The van der Waals surface area contributed by atoms with Crippen molar-refractivity contribution in [3.05, 3.63) is 11.6 Å². The van der Waals surface area contributed by atoms with E-state index < -0.39 is 0 Å². The highest BCUT2D eigenvalue weighted by atomic mass is 16.5. The summed E-state index contributed by atoms with van der Waals surface area (Å²) in [6.07, 6.45) is 2.28. The van der Waals surface area contributed by atoms with Gasteiger partial charge in [0.1, 0.15) is 12.9 Å². The van der Waals surface area contributed by atoms with Crippen LogP contribution in [0.3, 0.4) is 0 Å². The summed E-state index contributed by atoms with van der Waals surface area (Å²) in [4.78, 5) is 20.3. The van der Waals surface area contributed by atoms with Crippen LogP contribution in [0.1, 0.15) is 13.8 Å². The number of ether oxygens (including phenoxy) is 1. The SMILES string of the molecule is CC=C(C=O)COC(C)=O. The molecule has 0 heterocycles. The molecule has 0 N–H and O–H groups in total. The van der Waals surface area contributed by atoms with Crippen LogP contribution in [0, 0.1) is 0 Å². The number of carbonyl (C=O) groups excluding carboxylic acids is 2. The molecular weight excluding hydrogens is 132 g/mol. The Hall–Kier alpha value is -1.12. The molecule has 3 nitrogen and oxygen atoms in total. The molecule has 0 unspecified atom stereocenters. The third-order valence-corrected chi connectivity index (χ3v) is 0.964. The van der Waals surface area contributed by atoms with Gasteiger partial charge >= 0.3 is 5.97 Å². The first-order valence-corrected chi connectivity index (χ1v) is 2.94. The fourth-order valence-electron chi connectivity index (χ4n) is 0.370. The average molecular weight is 142 g/mol. The van der Waals surface area contributed by atoms with Crippen LogP contribution in [0.4, 0.5) is 0 Å². The van der Waals surface area contributed by atoms with Gasteiger partial charge in [-0.3, -0.25) is 9.59 Å². The summed E-state index contributed by atoms with van der Waals surface area (Å²) in [6, 6.07) is 0. The van der Waals surface area contributed by atoms with E-state index in [9.17, 15) is 9.59 Å². The van der Waals surface area contributed by atoms with Gasteiger partial charge in [-0.15, -0.1) is 0 Å². The lowest BCUT2D eigenvalue weighted by Gasteiger charge is -1.98. The normalized spacial score (nSPS) is 10.8. The Morgan fingerprint density at radius 1 is 1.60 bits per heavy atom. The highest BCUT2D eigenvalue weighted by Crippen LogP contribution is 1.90. The maximum absolute atomic E-state index is 10.2. The van der Waals surface area contributed by atoms with E-state index in [2.05, 4.69) is 4.74 Å². The molecule has 0 aliphatic carbocycles. The molecule has 0 saturated heterocycles. The topological polar surface area (TPSA) is 43.4 Å². The molecule has 10 heavy (non-hydrogen) atoms. The summed E-state index contributed by atoms with van der Waals surface area (Å²) >= 11 is 0. The van der Waals surface area contributed by atoms with Crippen molar-refractivity contribution < 1.29 is 14.3 Å². The molecule has 0 spiro atoms. The second-order valence-corrected chi connectivity index (χ2v) is 1.76. The van der Waals surface area contributed by atoms with Gasteiger partial charge in [0, 0.05) is 12.5 Å². The van der Waals surface area contributed by atoms with Crippen molar-refractivity contribution in [1.82, 2.24) is 0 Å². The van der Waals surface area contributed by atoms with Crippen molar-refractivity contribution in [3.8, 4) is 0 Å². The van der Waals surface area contributed by atoms with Crippen molar-refractivity contribution in [2.45, 2.75) is 13.8 Å². The van der Waals surface area contributed by atoms with Gasteiger partial charge in [-0.05, 0) is 6.92 Å². The summed E-state index contributed by atoms with van der Waals surface area (Å²) in [5.74, 6) is -0.374. The fraction of sp³-hybridized carbons (Fsp3) is 0.429. The number of rotatable bonds is 3. The van der Waals surface area contributed by atoms with Gasteiger partial charge in [0.2, 0.25) is 0 Å². The van der Waals surface area contributed by atoms with Crippen LogP contribution in [0.15, 0.2) is 11.6 Å². The second kappa shape index (κ2) is 4.73. The summed E-state index contributed by atoms with van der Waals surface area (Å²) in [7, 11) is 0. The zero-order valence-corrected chi connectivity index (χ0v) is 6.09. The minimum absolute atomic E-state index is 0.0787. The van der Waals surface area contributed by atoms with Gasteiger partial charge in [0.05, 0.1) is 0 Å². The van der Waals surface area contributed by atoms with E-state index in [0.717, 1.165) is 0 Å². The van der Waals surface area contributed by atoms with E-state index in [1.165, 1.54) is 6.92 Å². The van der Waals surface area contributed by atoms with Crippen molar-refractivity contribution >= 4 is 12.3 Å². The van der Waals surface area contributed by atoms with Crippen molar-refractivity contribution in [2.75, 3.05) is 6.61 Å².